The van der Waals surface area contributed by atoms with Gasteiger partial charge in [0.15, 0.2) is 0 Å². The summed E-state index contributed by atoms with van der Waals surface area (Å²) in [5.74, 6) is 0.104. The summed E-state index contributed by atoms with van der Waals surface area (Å²) < 4.78 is 17.1. The molecular formula is C14H13NO2S. The Bertz CT molecular complexity index is 564. The Morgan fingerprint density at radius 1 is 1.00 bits per heavy atom. The van der Waals surface area contributed by atoms with Gasteiger partial charge in [-0.15, -0.1) is 0 Å². The Labute approximate surface area is 108 Å². The third-order valence-corrected chi connectivity index (χ3v) is 3.89. The molecule has 1 atom stereocenters. The highest BCUT2D eigenvalue weighted by Crippen LogP contribution is 2.16. The summed E-state index contributed by atoms with van der Waals surface area (Å²) in [5.41, 5.74) is 0.673. The zero-order chi connectivity index (χ0) is 13.0. The van der Waals surface area contributed by atoms with Gasteiger partial charge in [0, 0.05) is 15.4 Å². The van der Waals surface area contributed by atoms with Crippen molar-refractivity contribution in [2.45, 2.75) is 9.79 Å². The van der Waals surface area contributed by atoms with Gasteiger partial charge in [-0.2, -0.15) is 0 Å². The van der Waals surface area contributed by atoms with Gasteiger partial charge in [0.25, 0.3) is 0 Å². The van der Waals surface area contributed by atoms with Crippen molar-refractivity contribution in [3.63, 3.8) is 0 Å². The molecule has 1 unspecified atom stereocenters. The molecule has 0 amide bonds. The van der Waals surface area contributed by atoms with Crippen LogP contribution in [-0.2, 0) is 15.5 Å². The highest BCUT2D eigenvalue weighted by atomic mass is 32.2. The van der Waals surface area contributed by atoms with E-state index in [4.69, 9.17) is 10.1 Å². The number of hydrogen-bond acceptors (Lipinski definition) is 3. The summed E-state index contributed by atoms with van der Waals surface area (Å²) in [4.78, 5) is 1.49. The molecule has 2 rings (SSSR count). The van der Waals surface area contributed by atoms with Crippen molar-refractivity contribution in [2.75, 3.05) is 7.11 Å². The smallest absolute Gasteiger partial charge is 0.212 e. The molecule has 4 heteroatoms. The number of nitrogens with one attached hydrogen (secondary N) is 1. The maximum atomic E-state index is 12.2. The third-order valence-electron chi connectivity index (χ3n) is 2.49. The molecule has 0 aromatic heterocycles. The van der Waals surface area contributed by atoms with Crippen LogP contribution in [0.1, 0.15) is 5.56 Å². The lowest BCUT2D eigenvalue weighted by atomic mass is 10.2. The maximum absolute atomic E-state index is 12.2. The van der Waals surface area contributed by atoms with Gasteiger partial charge >= 0.3 is 0 Å². The molecule has 0 saturated heterocycles. The number of methoxy groups -OCH3 is 1. The van der Waals surface area contributed by atoms with E-state index in [1.165, 1.54) is 7.11 Å². The van der Waals surface area contributed by atoms with Crippen molar-refractivity contribution in [1.82, 2.24) is 0 Å². The van der Waals surface area contributed by atoms with Crippen molar-refractivity contribution in [1.29, 1.82) is 5.41 Å². The van der Waals surface area contributed by atoms with Crippen molar-refractivity contribution >= 4 is 16.7 Å². The average Bonchev–Trinajstić information content (AvgIpc) is 2.47. The van der Waals surface area contributed by atoms with Gasteiger partial charge < -0.3 is 4.74 Å². The maximum Gasteiger partial charge on any atom is 0.212 e. The van der Waals surface area contributed by atoms with Crippen LogP contribution in [0.2, 0.25) is 0 Å². The minimum atomic E-state index is -1.18. The summed E-state index contributed by atoms with van der Waals surface area (Å²) in [6.45, 7) is 0. The zero-order valence-electron chi connectivity index (χ0n) is 9.92. The van der Waals surface area contributed by atoms with Gasteiger partial charge in [0.2, 0.25) is 5.90 Å². The Balaban J connectivity index is 2.25. The molecule has 2 aromatic rings. The number of hydrogen-bond donors (Lipinski definition) is 1. The molecule has 2 aromatic carbocycles. The van der Waals surface area contributed by atoms with E-state index in [1.54, 1.807) is 24.3 Å². The first-order chi connectivity index (χ1) is 8.72. The Kier molecular flexibility index (Phi) is 3.89. The van der Waals surface area contributed by atoms with Crippen LogP contribution in [-0.4, -0.2) is 17.2 Å². The molecule has 1 N–H and O–H groups in total. The topological polar surface area (TPSA) is 50.1 Å². The van der Waals surface area contributed by atoms with Crippen molar-refractivity contribution in [2.24, 2.45) is 0 Å². The Morgan fingerprint density at radius 3 is 2.11 bits per heavy atom. The minimum Gasteiger partial charge on any atom is -0.481 e. The molecule has 0 radical (unpaired) electrons. The molecule has 0 aliphatic carbocycles. The van der Waals surface area contributed by atoms with E-state index in [0.717, 1.165) is 4.90 Å². The number of rotatable bonds is 3. The fourth-order valence-electron chi connectivity index (χ4n) is 1.53. The molecule has 18 heavy (non-hydrogen) atoms. The van der Waals surface area contributed by atoms with Gasteiger partial charge in [-0.25, -0.2) is 4.21 Å². The van der Waals surface area contributed by atoms with Gasteiger partial charge in [0.05, 0.1) is 17.9 Å². The monoisotopic (exact) mass is 259 g/mol. The third kappa shape index (κ3) is 2.65. The first-order valence-corrected chi connectivity index (χ1v) is 6.57. The summed E-state index contributed by atoms with van der Waals surface area (Å²) in [5, 5.41) is 7.52. The lowest BCUT2D eigenvalue weighted by Crippen LogP contribution is -2.01. The molecule has 0 bridgehead atoms. The predicted molar refractivity (Wildman–Crippen MR) is 71.4 cm³/mol. The van der Waals surface area contributed by atoms with E-state index >= 15 is 0 Å². The van der Waals surface area contributed by atoms with E-state index < -0.39 is 10.8 Å². The van der Waals surface area contributed by atoms with Gasteiger partial charge in [-0.05, 0) is 36.4 Å². The fourth-order valence-corrected chi connectivity index (χ4v) is 2.59. The van der Waals surface area contributed by atoms with Crippen LogP contribution in [0.25, 0.3) is 0 Å². The fraction of sp³-hybridized carbons (Fsp3) is 0.0714. The SMILES string of the molecule is COC(=N)c1ccc(S(=O)c2ccccc2)cc1. The number of benzene rings is 2. The summed E-state index contributed by atoms with van der Waals surface area (Å²) >= 11 is 0. The van der Waals surface area contributed by atoms with E-state index in [0.29, 0.717) is 10.5 Å². The predicted octanol–water partition coefficient (Wildman–Crippen LogP) is 2.83. The molecule has 92 valence electrons. The van der Waals surface area contributed by atoms with Crippen molar-refractivity contribution < 1.29 is 8.95 Å². The first kappa shape index (κ1) is 12.5. The first-order valence-electron chi connectivity index (χ1n) is 5.42. The molecule has 0 saturated carbocycles. The van der Waals surface area contributed by atoms with Crippen LogP contribution in [0.15, 0.2) is 64.4 Å². The van der Waals surface area contributed by atoms with E-state index in [1.807, 2.05) is 30.3 Å². The van der Waals surface area contributed by atoms with E-state index in [2.05, 4.69) is 0 Å². The normalized spacial score (nSPS) is 11.8. The number of ether oxygens (including phenoxy) is 1. The summed E-state index contributed by atoms with van der Waals surface area (Å²) in [6, 6.07) is 16.3. The summed E-state index contributed by atoms with van der Waals surface area (Å²) in [7, 11) is 0.275. The highest BCUT2D eigenvalue weighted by molar-refractivity contribution is 7.85. The zero-order valence-corrected chi connectivity index (χ0v) is 10.7. The van der Waals surface area contributed by atoms with Gasteiger partial charge in [0.1, 0.15) is 0 Å². The second kappa shape index (κ2) is 5.60. The molecule has 0 fully saturated rings. The highest BCUT2D eigenvalue weighted by Gasteiger charge is 2.07. The second-order valence-corrected chi connectivity index (χ2v) is 5.12. The molecule has 0 heterocycles. The lowest BCUT2D eigenvalue weighted by Gasteiger charge is -2.05. The van der Waals surface area contributed by atoms with Gasteiger partial charge in [-0.1, -0.05) is 18.2 Å². The quantitative estimate of drug-likeness (QED) is 0.680. The van der Waals surface area contributed by atoms with E-state index in [-0.39, 0.29) is 5.90 Å². The molecular weight excluding hydrogens is 246 g/mol. The van der Waals surface area contributed by atoms with E-state index in [9.17, 15) is 4.21 Å². The van der Waals surface area contributed by atoms with Crippen molar-refractivity contribution in [3.8, 4) is 0 Å². The molecule has 0 aliphatic heterocycles. The second-order valence-electron chi connectivity index (χ2n) is 3.64. The Morgan fingerprint density at radius 2 is 1.56 bits per heavy atom. The standard InChI is InChI=1S/C14H13NO2S/c1-17-14(15)11-7-9-13(10-8-11)18(16)12-5-3-2-4-6-12/h2-10,15H,1H3. The van der Waals surface area contributed by atoms with Crippen molar-refractivity contribution in [3.05, 3.63) is 60.2 Å². The summed E-state index contributed by atoms with van der Waals surface area (Å²) in [6.07, 6.45) is 0. The largest absolute Gasteiger partial charge is 0.481 e. The van der Waals surface area contributed by atoms with Gasteiger partial charge in [-0.3, -0.25) is 5.41 Å². The minimum absolute atomic E-state index is 0.104. The average molecular weight is 259 g/mol. The van der Waals surface area contributed by atoms with Crippen LogP contribution < -0.4 is 0 Å². The molecule has 0 spiro atoms. The van der Waals surface area contributed by atoms with Crippen LogP contribution >= 0.6 is 0 Å². The van der Waals surface area contributed by atoms with Crippen LogP contribution in [0.5, 0.6) is 0 Å². The van der Waals surface area contributed by atoms with Crippen LogP contribution in [0.4, 0.5) is 0 Å². The van der Waals surface area contributed by atoms with Crippen LogP contribution in [0.3, 0.4) is 0 Å². The Hall–Kier alpha value is -1.94. The lowest BCUT2D eigenvalue weighted by molar-refractivity contribution is 0.401. The molecule has 0 aliphatic rings. The van der Waals surface area contributed by atoms with Crippen LogP contribution in [0, 0.1) is 5.41 Å². The molecule has 3 nitrogen and oxygen atoms in total.